The van der Waals surface area contributed by atoms with Gasteiger partial charge >= 0.3 is 0 Å². The Bertz CT molecular complexity index is 512. The summed E-state index contributed by atoms with van der Waals surface area (Å²) in [5.74, 6) is 0. The van der Waals surface area contributed by atoms with Crippen molar-refractivity contribution in [3.05, 3.63) is 28.1 Å². The summed E-state index contributed by atoms with van der Waals surface area (Å²) in [6.45, 7) is 0.704. The van der Waals surface area contributed by atoms with Gasteiger partial charge in [-0.05, 0) is 18.9 Å². The molecule has 3 rings (SSSR count). The molecule has 0 saturated heterocycles. The van der Waals surface area contributed by atoms with Gasteiger partial charge in [0.2, 0.25) is 3.83 Å². The minimum Gasteiger partial charge on any atom is -0.269 e. The molecule has 0 aromatic carbocycles. The maximum absolute atomic E-state index is 4.66. The van der Waals surface area contributed by atoms with Crippen molar-refractivity contribution >= 4 is 22.6 Å². The van der Waals surface area contributed by atoms with E-state index in [0.717, 1.165) is 9.53 Å². The summed E-state index contributed by atoms with van der Waals surface area (Å²) in [7, 11) is 0. The number of hydrogen-bond acceptors (Lipinski definition) is 3. The van der Waals surface area contributed by atoms with E-state index in [1.807, 2.05) is 4.68 Å². The Hall–Kier alpha value is -0.920. The molecule has 6 heteroatoms. The summed E-state index contributed by atoms with van der Waals surface area (Å²) >= 11 is 2.12. The van der Waals surface area contributed by atoms with E-state index in [1.54, 1.807) is 6.33 Å². The second-order valence-electron chi connectivity index (χ2n) is 4.79. The lowest BCUT2D eigenvalue weighted by Crippen LogP contribution is -2.13. The van der Waals surface area contributed by atoms with E-state index in [-0.39, 0.29) is 0 Å². The van der Waals surface area contributed by atoms with Gasteiger partial charge in [-0.2, -0.15) is 5.10 Å². The van der Waals surface area contributed by atoms with Gasteiger partial charge in [0.15, 0.2) is 0 Å². The summed E-state index contributed by atoms with van der Waals surface area (Å²) < 4.78 is 4.74. The Kier molecular flexibility index (Phi) is 3.62. The highest BCUT2D eigenvalue weighted by Gasteiger charge is 2.16. The van der Waals surface area contributed by atoms with Crippen LogP contribution in [0.3, 0.4) is 0 Å². The van der Waals surface area contributed by atoms with E-state index < -0.39 is 0 Å². The first-order valence-corrected chi connectivity index (χ1v) is 7.48. The van der Waals surface area contributed by atoms with Gasteiger partial charge in [0.05, 0.1) is 18.3 Å². The molecule has 1 aliphatic rings. The van der Waals surface area contributed by atoms with E-state index in [9.17, 15) is 0 Å². The van der Waals surface area contributed by atoms with Crippen molar-refractivity contribution in [2.24, 2.45) is 0 Å². The summed E-state index contributed by atoms with van der Waals surface area (Å²) in [4.78, 5) is 4.11. The van der Waals surface area contributed by atoms with Crippen LogP contribution in [0.25, 0.3) is 0 Å². The van der Waals surface area contributed by atoms with Gasteiger partial charge in [0, 0.05) is 28.8 Å². The molecule has 0 spiro atoms. The van der Waals surface area contributed by atoms with Gasteiger partial charge in [-0.25, -0.2) is 9.67 Å². The number of rotatable bonds is 3. The minimum atomic E-state index is 0.600. The van der Waals surface area contributed by atoms with Crippen molar-refractivity contribution in [2.45, 2.75) is 44.7 Å². The Morgan fingerprint density at radius 2 is 2.06 bits per heavy atom. The summed E-state index contributed by atoms with van der Waals surface area (Å²) in [5.41, 5.74) is 1.06. The molecular weight excluding hydrogens is 341 g/mol. The zero-order chi connectivity index (χ0) is 12.4. The Morgan fingerprint density at radius 1 is 1.22 bits per heavy atom. The molecule has 2 aromatic rings. The molecule has 1 aliphatic carbocycles. The first-order valence-electron chi connectivity index (χ1n) is 6.40. The number of hydrogen-bond donors (Lipinski definition) is 0. The number of halogens is 1. The Labute approximate surface area is 120 Å². The van der Waals surface area contributed by atoms with E-state index in [4.69, 9.17) is 0 Å². The molecule has 2 heterocycles. The Morgan fingerprint density at radius 3 is 2.78 bits per heavy atom. The molecule has 0 radical (unpaired) electrons. The van der Waals surface area contributed by atoms with Crippen LogP contribution < -0.4 is 0 Å². The standard InChI is InChI=1S/C12H16IN5/c13-12-14-9-17(16-12)8-10-6-7-18(15-10)11-4-2-1-3-5-11/h6-7,9,11H,1-5,8H2. The molecule has 0 amide bonds. The normalized spacial score (nSPS) is 17.2. The van der Waals surface area contributed by atoms with Gasteiger partial charge in [0.25, 0.3) is 0 Å². The maximum Gasteiger partial charge on any atom is 0.211 e. The van der Waals surface area contributed by atoms with Gasteiger partial charge in [-0.1, -0.05) is 19.3 Å². The topological polar surface area (TPSA) is 48.5 Å². The molecule has 0 N–H and O–H groups in total. The largest absolute Gasteiger partial charge is 0.269 e. The fourth-order valence-electron chi connectivity index (χ4n) is 2.52. The van der Waals surface area contributed by atoms with Gasteiger partial charge in [-0.3, -0.25) is 4.68 Å². The first kappa shape index (κ1) is 12.1. The fraction of sp³-hybridized carbons (Fsp3) is 0.583. The molecule has 2 aromatic heterocycles. The number of nitrogens with zero attached hydrogens (tertiary/aromatic N) is 5. The number of aromatic nitrogens is 5. The van der Waals surface area contributed by atoms with Crippen LogP contribution in [0.1, 0.15) is 43.8 Å². The van der Waals surface area contributed by atoms with Crippen molar-refractivity contribution in [2.75, 3.05) is 0 Å². The maximum atomic E-state index is 4.66. The second-order valence-corrected chi connectivity index (χ2v) is 5.75. The van der Waals surface area contributed by atoms with Crippen LogP contribution in [0, 0.1) is 3.83 Å². The van der Waals surface area contributed by atoms with E-state index in [0.29, 0.717) is 12.6 Å². The fourth-order valence-corrected chi connectivity index (χ4v) is 2.93. The van der Waals surface area contributed by atoms with Gasteiger partial charge in [0.1, 0.15) is 6.33 Å². The van der Waals surface area contributed by atoms with Crippen LogP contribution in [0.5, 0.6) is 0 Å². The molecule has 96 valence electrons. The summed E-state index contributed by atoms with van der Waals surface area (Å²) in [6, 6.07) is 2.69. The minimum absolute atomic E-state index is 0.600. The van der Waals surface area contributed by atoms with E-state index in [1.165, 1.54) is 32.1 Å². The lowest BCUT2D eigenvalue weighted by Gasteiger charge is -2.21. The van der Waals surface area contributed by atoms with E-state index >= 15 is 0 Å². The molecule has 1 fully saturated rings. The molecule has 18 heavy (non-hydrogen) atoms. The average molecular weight is 357 g/mol. The molecule has 0 atom stereocenters. The monoisotopic (exact) mass is 357 g/mol. The zero-order valence-electron chi connectivity index (χ0n) is 10.2. The lowest BCUT2D eigenvalue weighted by molar-refractivity contribution is 0.327. The molecule has 0 aliphatic heterocycles. The first-order chi connectivity index (χ1) is 8.81. The van der Waals surface area contributed by atoms with Crippen molar-refractivity contribution in [1.82, 2.24) is 24.5 Å². The van der Waals surface area contributed by atoms with Crippen molar-refractivity contribution in [1.29, 1.82) is 0 Å². The predicted molar refractivity (Wildman–Crippen MR) is 76.2 cm³/mol. The molecular formula is C12H16IN5. The van der Waals surface area contributed by atoms with Crippen LogP contribution in [0.4, 0.5) is 0 Å². The highest BCUT2D eigenvalue weighted by molar-refractivity contribution is 14.1. The molecule has 5 nitrogen and oxygen atoms in total. The molecule has 1 saturated carbocycles. The van der Waals surface area contributed by atoms with Crippen LogP contribution in [-0.2, 0) is 6.54 Å². The lowest BCUT2D eigenvalue weighted by atomic mass is 9.96. The Balaban J connectivity index is 1.69. The van der Waals surface area contributed by atoms with Gasteiger partial charge < -0.3 is 0 Å². The van der Waals surface area contributed by atoms with Crippen molar-refractivity contribution in [3.8, 4) is 0 Å². The van der Waals surface area contributed by atoms with Crippen LogP contribution in [0.2, 0.25) is 0 Å². The quantitative estimate of drug-likeness (QED) is 0.794. The third-order valence-corrected chi connectivity index (χ3v) is 3.94. The van der Waals surface area contributed by atoms with E-state index in [2.05, 4.69) is 54.7 Å². The SMILES string of the molecule is Ic1ncn(Cc2ccn(C3CCCCC3)n2)n1. The van der Waals surface area contributed by atoms with Gasteiger partial charge in [-0.15, -0.1) is 5.10 Å². The smallest absolute Gasteiger partial charge is 0.211 e. The third-order valence-electron chi connectivity index (χ3n) is 3.44. The summed E-state index contributed by atoms with van der Waals surface area (Å²) in [5, 5.41) is 8.93. The summed E-state index contributed by atoms with van der Waals surface area (Å²) in [6.07, 6.45) is 10.4. The van der Waals surface area contributed by atoms with Crippen molar-refractivity contribution in [3.63, 3.8) is 0 Å². The highest BCUT2D eigenvalue weighted by Crippen LogP contribution is 2.27. The third kappa shape index (κ3) is 2.73. The van der Waals surface area contributed by atoms with Crippen molar-refractivity contribution < 1.29 is 0 Å². The highest BCUT2D eigenvalue weighted by atomic mass is 127. The molecule has 0 unspecified atom stereocenters. The van der Waals surface area contributed by atoms with Crippen LogP contribution in [-0.4, -0.2) is 24.5 Å². The molecule has 0 bridgehead atoms. The zero-order valence-corrected chi connectivity index (χ0v) is 12.3. The van der Waals surface area contributed by atoms with Crippen LogP contribution in [0.15, 0.2) is 18.6 Å². The van der Waals surface area contributed by atoms with Crippen LogP contribution >= 0.6 is 22.6 Å². The average Bonchev–Trinajstić information content (AvgIpc) is 3.01. The second kappa shape index (κ2) is 5.38. The predicted octanol–water partition coefficient (Wildman–Crippen LogP) is 2.63.